The lowest BCUT2D eigenvalue weighted by atomic mass is 10.3. The molecule has 0 saturated carbocycles. The van der Waals surface area contributed by atoms with Crippen LogP contribution in [0.3, 0.4) is 0 Å². The van der Waals surface area contributed by atoms with E-state index in [0.717, 1.165) is 19.4 Å². The Morgan fingerprint density at radius 2 is 2.33 bits per heavy atom. The number of halogens is 1. The zero-order valence-electron chi connectivity index (χ0n) is 8.78. The van der Waals surface area contributed by atoms with E-state index in [9.17, 15) is 0 Å². The minimum Gasteiger partial charge on any atom is -0.393 e. The van der Waals surface area contributed by atoms with Crippen LogP contribution in [0.1, 0.15) is 12.8 Å². The number of anilines is 2. The molecule has 0 amide bonds. The molecule has 0 unspecified atom stereocenters. The summed E-state index contributed by atoms with van der Waals surface area (Å²) < 4.78 is 0. The second-order valence-electron chi connectivity index (χ2n) is 3.25. The van der Waals surface area contributed by atoms with Crippen molar-refractivity contribution < 1.29 is 0 Å². The van der Waals surface area contributed by atoms with Crippen LogP contribution in [0.4, 0.5) is 11.5 Å². The van der Waals surface area contributed by atoms with Gasteiger partial charge >= 0.3 is 0 Å². The van der Waals surface area contributed by atoms with Crippen LogP contribution in [-0.4, -0.2) is 23.6 Å². The zero-order chi connectivity index (χ0) is 11.3. The highest BCUT2D eigenvalue weighted by atomic mass is 35.5. The molecule has 0 spiro atoms. The van der Waals surface area contributed by atoms with Crippen molar-refractivity contribution in [1.29, 1.82) is 0 Å². The van der Waals surface area contributed by atoms with Crippen LogP contribution in [0.15, 0.2) is 19.0 Å². The molecule has 0 saturated heterocycles. The van der Waals surface area contributed by atoms with Crippen molar-refractivity contribution in [3.63, 3.8) is 0 Å². The van der Waals surface area contributed by atoms with Gasteiger partial charge in [-0.3, -0.25) is 0 Å². The minimum absolute atomic E-state index is 0.301. The summed E-state index contributed by atoms with van der Waals surface area (Å²) in [7, 11) is 1.93. The molecular formula is C10H15ClN4. The highest BCUT2D eigenvalue weighted by Crippen LogP contribution is 2.24. The van der Waals surface area contributed by atoms with Crippen molar-refractivity contribution >= 4 is 23.1 Å². The second-order valence-corrected chi connectivity index (χ2v) is 3.61. The Hall–Kier alpha value is -1.29. The molecule has 2 N–H and O–H groups in total. The van der Waals surface area contributed by atoms with Crippen LogP contribution >= 0.6 is 11.6 Å². The predicted octanol–water partition coefficient (Wildman–Crippen LogP) is 2.11. The maximum Gasteiger partial charge on any atom is 0.157 e. The number of hydrogen-bond donors (Lipinski definition) is 1. The van der Waals surface area contributed by atoms with Crippen molar-refractivity contribution in [3.05, 3.63) is 24.1 Å². The molecule has 15 heavy (non-hydrogen) atoms. The Morgan fingerprint density at radius 3 is 3.00 bits per heavy atom. The van der Waals surface area contributed by atoms with Crippen molar-refractivity contribution in [1.82, 2.24) is 9.97 Å². The highest BCUT2D eigenvalue weighted by molar-refractivity contribution is 6.32. The largest absolute Gasteiger partial charge is 0.393 e. The van der Waals surface area contributed by atoms with E-state index >= 15 is 0 Å². The molecule has 5 heteroatoms. The summed E-state index contributed by atoms with van der Waals surface area (Å²) in [5, 5.41) is 0.301. The number of unbranched alkanes of at least 4 members (excludes halogenated alkanes) is 1. The Labute approximate surface area is 94.8 Å². The SMILES string of the molecule is C=CCCCN(C)c1ncnc(Cl)c1N. The normalized spacial score (nSPS) is 10.0. The van der Waals surface area contributed by atoms with Gasteiger partial charge in [0.2, 0.25) is 0 Å². The number of nitrogen functional groups attached to an aromatic ring is 1. The maximum atomic E-state index is 5.80. The Balaban J connectivity index is 2.68. The van der Waals surface area contributed by atoms with Gasteiger partial charge in [-0.05, 0) is 12.8 Å². The summed E-state index contributed by atoms with van der Waals surface area (Å²) in [5.41, 5.74) is 6.20. The molecule has 0 atom stereocenters. The van der Waals surface area contributed by atoms with Gasteiger partial charge in [0, 0.05) is 13.6 Å². The third-order valence-electron chi connectivity index (χ3n) is 2.08. The Kier molecular flexibility index (Phi) is 4.37. The third kappa shape index (κ3) is 3.09. The average molecular weight is 227 g/mol. The Morgan fingerprint density at radius 1 is 1.60 bits per heavy atom. The smallest absolute Gasteiger partial charge is 0.157 e. The molecule has 1 rings (SSSR count). The summed E-state index contributed by atoms with van der Waals surface area (Å²) in [4.78, 5) is 9.87. The molecule has 0 bridgehead atoms. The van der Waals surface area contributed by atoms with Crippen molar-refractivity contribution in [2.24, 2.45) is 0 Å². The molecule has 0 aliphatic rings. The summed E-state index contributed by atoms with van der Waals surface area (Å²) >= 11 is 5.80. The molecule has 1 aromatic heterocycles. The molecule has 0 fully saturated rings. The third-order valence-corrected chi connectivity index (χ3v) is 2.38. The first-order valence-corrected chi connectivity index (χ1v) is 5.12. The van der Waals surface area contributed by atoms with Crippen LogP contribution in [0.5, 0.6) is 0 Å². The summed E-state index contributed by atoms with van der Waals surface area (Å²) in [6.07, 6.45) is 5.30. The van der Waals surface area contributed by atoms with E-state index in [-0.39, 0.29) is 0 Å². The maximum absolute atomic E-state index is 5.80. The van der Waals surface area contributed by atoms with Gasteiger partial charge in [0.05, 0.1) is 0 Å². The summed E-state index contributed by atoms with van der Waals surface area (Å²) in [5.74, 6) is 0.680. The Bertz CT molecular complexity index is 340. The lowest BCUT2D eigenvalue weighted by Crippen LogP contribution is -2.21. The van der Waals surface area contributed by atoms with Crippen molar-refractivity contribution in [3.8, 4) is 0 Å². The number of allylic oxidation sites excluding steroid dienone is 1. The van der Waals surface area contributed by atoms with E-state index in [0.29, 0.717) is 16.7 Å². The first-order chi connectivity index (χ1) is 7.16. The zero-order valence-corrected chi connectivity index (χ0v) is 9.54. The van der Waals surface area contributed by atoms with E-state index in [1.807, 2.05) is 18.0 Å². The van der Waals surface area contributed by atoms with Crippen molar-refractivity contribution in [2.45, 2.75) is 12.8 Å². The monoisotopic (exact) mass is 226 g/mol. The van der Waals surface area contributed by atoms with E-state index in [4.69, 9.17) is 17.3 Å². The molecule has 4 nitrogen and oxygen atoms in total. The molecule has 0 aromatic carbocycles. The van der Waals surface area contributed by atoms with Gasteiger partial charge in [-0.15, -0.1) is 6.58 Å². The van der Waals surface area contributed by atoms with Crippen LogP contribution in [0.2, 0.25) is 5.15 Å². The quantitative estimate of drug-likeness (QED) is 0.475. The molecule has 0 aliphatic carbocycles. The van der Waals surface area contributed by atoms with E-state index in [1.165, 1.54) is 6.33 Å². The van der Waals surface area contributed by atoms with Crippen molar-refractivity contribution in [2.75, 3.05) is 24.2 Å². The van der Waals surface area contributed by atoms with Gasteiger partial charge in [0.25, 0.3) is 0 Å². The van der Waals surface area contributed by atoms with E-state index < -0.39 is 0 Å². The molecule has 82 valence electrons. The molecule has 0 radical (unpaired) electrons. The minimum atomic E-state index is 0.301. The molecule has 1 aromatic rings. The van der Waals surface area contributed by atoms with Gasteiger partial charge in [0.15, 0.2) is 11.0 Å². The topological polar surface area (TPSA) is 55.0 Å². The van der Waals surface area contributed by atoms with Gasteiger partial charge in [-0.1, -0.05) is 17.7 Å². The number of aromatic nitrogens is 2. The molecular weight excluding hydrogens is 212 g/mol. The van der Waals surface area contributed by atoms with Crippen LogP contribution in [0, 0.1) is 0 Å². The highest BCUT2D eigenvalue weighted by Gasteiger charge is 2.09. The standard InChI is InChI=1S/C10H15ClN4/c1-3-4-5-6-15(2)10-8(12)9(11)13-7-14-10/h3,7H,1,4-6,12H2,2H3. The van der Waals surface area contributed by atoms with Gasteiger partial charge in [0.1, 0.15) is 12.0 Å². The first-order valence-electron chi connectivity index (χ1n) is 4.74. The van der Waals surface area contributed by atoms with Gasteiger partial charge in [-0.25, -0.2) is 9.97 Å². The number of rotatable bonds is 5. The molecule has 0 aliphatic heterocycles. The lowest BCUT2D eigenvalue weighted by Gasteiger charge is -2.19. The number of nitrogens with two attached hydrogens (primary N) is 1. The average Bonchev–Trinajstić information content (AvgIpc) is 2.22. The predicted molar refractivity (Wildman–Crippen MR) is 64.2 cm³/mol. The van der Waals surface area contributed by atoms with E-state index in [1.54, 1.807) is 0 Å². The number of nitrogens with zero attached hydrogens (tertiary/aromatic N) is 3. The summed E-state index contributed by atoms with van der Waals surface area (Å²) in [6, 6.07) is 0. The fourth-order valence-electron chi connectivity index (χ4n) is 1.25. The fourth-order valence-corrected chi connectivity index (χ4v) is 1.38. The fraction of sp³-hybridized carbons (Fsp3) is 0.400. The molecule has 1 heterocycles. The van der Waals surface area contributed by atoms with Gasteiger partial charge in [-0.2, -0.15) is 0 Å². The van der Waals surface area contributed by atoms with Gasteiger partial charge < -0.3 is 10.6 Å². The summed E-state index contributed by atoms with van der Waals surface area (Å²) in [6.45, 7) is 4.54. The number of hydrogen-bond acceptors (Lipinski definition) is 4. The van der Waals surface area contributed by atoms with E-state index in [2.05, 4.69) is 16.5 Å². The lowest BCUT2D eigenvalue weighted by molar-refractivity contribution is 0.791. The second kappa shape index (κ2) is 5.56. The van der Waals surface area contributed by atoms with Crippen LogP contribution in [0.25, 0.3) is 0 Å². The first kappa shape index (κ1) is 11.8. The van der Waals surface area contributed by atoms with Crippen LogP contribution < -0.4 is 10.6 Å². The van der Waals surface area contributed by atoms with Crippen LogP contribution in [-0.2, 0) is 0 Å².